The van der Waals surface area contributed by atoms with Crippen LogP contribution in [0.5, 0.6) is 0 Å². The summed E-state index contributed by atoms with van der Waals surface area (Å²) in [4.78, 5) is 0. The largest absolute Gasteiger partial charge is 0.212 e. The van der Waals surface area contributed by atoms with Crippen molar-refractivity contribution in [3.05, 3.63) is 47.8 Å². The van der Waals surface area contributed by atoms with E-state index in [0.717, 1.165) is 12.8 Å². The lowest BCUT2D eigenvalue weighted by Crippen LogP contribution is -2.31. The first kappa shape index (κ1) is 11.1. The zero-order chi connectivity index (χ0) is 11.7. The van der Waals surface area contributed by atoms with Crippen molar-refractivity contribution in [2.75, 3.05) is 0 Å². The fourth-order valence-electron chi connectivity index (χ4n) is 2.25. The second-order valence-corrected chi connectivity index (χ2v) is 4.93. The highest BCUT2D eigenvalue weighted by atomic mass is 15.0. The van der Waals surface area contributed by atoms with Gasteiger partial charge in [0.05, 0.1) is 0 Å². The van der Waals surface area contributed by atoms with Gasteiger partial charge in [0.1, 0.15) is 0 Å². The van der Waals surface area contributed by atoms with Crippen LogP contribution >= 0.6 is 0 Å². The molecule has 1 heteroatoms. The van der Waals surface area contributed by atoms with Crippen LogP contribution < -0.4 is 4.57 Å². The third-order valence-electron chi connectivity index (χ3n) is 3.32. The van der Waals surface area contributed by atoms with E-state index in [4.69, 9.17) is 0 Å². The number of allylic oxidation sites excluding steroid dienone is 3. The zero-order valence-corrected chi connectivity index (χ0v) is 10.5. The molecular weight excluding hydrogens is 194 g/mol. The maximum atomic E-state index is 4.14. The van der Waals surface area contributed by atoms with Crippen LogP contribution in [0.25, 0.3) is 5.70 Å². The minimum absolute atomic E-state index is 0.594. The highest BCUT2D eigenvalue weighted by Gasteiger charge is 2.23. The highest BCUT2D eigenvalue weighted by molar-refractivity contribution is 5.62. The summed E-state index contributed by atoms with van der Waals surface area (Å²) in [5, 5.41) is 0. The smallest absolute Gasteiger partial charge is 0.167 e. The Balaban J connectivity index is 2.35. The number of nitrogens with zero attached hydrogens (tertiary/aromatic N) is 1. The minimum atomic E-state index is 0.594. The summed E-state index contributed by atoms with van der Waals surface area (Å²) >= 11 is 0. The molecule has 0 aliphatic heterocycles. The first-order valence-electron chi connectivity index (χ1n) is 5.99. The molecule has 0 N–H and O–H groups in total. The monoisotopic (exact) mass is 214 g/mol. The Bertz CT molecular complexity index is 435. The quantitative estimate of drug-likeness (QED) is 0.661. The van der Waals surface area contributed by atoms with Crippen LogP contribution in [-0.4, -0.2) is 0 Å². The summed E-state index contributed by atoms with van der Waals surface area (Å²) < 4.78 is 2.20. The fourth-order valence-corrected chi connectivity index (χ4v) is 2.25. The number of pyridine rings is 1. The normalized spacial score (nSPS) is 16.4. The summed E-state index contributed by atoms with van der Waals surface area (Å²) in [6, 6.07) is 4.41. The van der Waals surface area contributed by atoms with E-state index in [2.05, 4.69) is 56.4 Å². The maximum absolute atomic E-state index is 4.14. The second-order valence-electron chi connectivity index (χ2n) is 4.93. The molecule has 2 rings (SSSR count). The molecule has 1 heterocycles. The molecule has 0 saturated carbocycles. The Labute approximate surface area is 98.1 Å². The van der Waals surface area contributed by atoms with Gasteiger partial charge in [-0.1, -0.05) is 20.4 Å². The lowest BCUT2D eigenvalue weighted by atomic mass is 10.1. The van der Waals surface area contributed by atoms with Crippen molar-refractivity contribution in [1.82, 2.24) is 0 Å². The van der Waals surface area contributed by atoms with Crippen molar-refractivity contribution in [2.24, 2.45) is 0 Å². The summed E-state index contributed by atoms with van der Waals surface area (Å²) in [5.74, 6) is 0.594. The molecule has 1 aromatic heterocycles. The second kappa shape index (κ2) is 4.25. The van der Waals surface area contributed by atoms with E-state index in [9.17, 15) is 0 Å². The lowest BCUT2D eigenvalue weighted by molar-refractivity contribution is -0.579. The summed E-state index contributed by atoms with van der Waals surface area (Å²) in [5.41, 5.74) is 5.42. The van der Waals surface area contributed by atoms with Gasteiger partial charge in [0, 0.05) is 17.7 Å². The lowest BCUT2D eigenvalue weighted by Gasteiger charge is -2.04. The van der Waals surface area contributed by atoms with Crippen LogP contribution in [-0.2, 0) is 0 Å². The molecule has 16 heavy (non-hydrogen) atoms. The summed E-state index contributed by atoms with van der Waals surface area (Å²) in [7, 11) is 0. The predicted molar refractivity (Wildman–Crippen MR) is 68.0 cm³/mol. The van der Waals surface area contributed by atoms with E-state index in [1.165, 1.54) is 22.4 Å². The van der Waals surface area contributed by atoms with E-state index in [-0.39, 0.29) is 0 Å². The SMILES string of the molecule is C=C1CCC(C)=C1[n+]1ccc(C(C)C)cc1. The minimum Gasteiger partial charge on any atom is -0.167 e. The highest BCUT2D eigenvalue weighted by Crippen LogP contribution is 2.29. The van der Waals surface area contributed by atoms with Gasteiger partial charge in [-0.2, -0.15) is 4.57 Å². The van der Waals surface area contributed by atoms with Crippen LogP contribution in [0.3, 0.4) is 0 Å². The van der Waals surface area contributed by atoms with Crippen LogP contribution in [0, 0.1) is 0 Å². The van der Waals surface area contributed by atoms with Crippen molar-refractivity contribution in [2.45, 2.75) is 39.5 Å². The molecule has 1 aliphatic carbocycles. The summed E-state index contributed by atoms with van der Waals surface area (Å²) in [6.07, 6.45) is 6.59. The van der Waals surface area contributed by atoms with Crippen LogP contribution in [0.1, 0.15) is 45.1 Å². The van der Waals surface area contributed by atoms with Crippen molar-refractivity contribution < 1.29 is 4.57 Å². The van der Waals surface area contributed by atoms with E-state index in [0.29, 0.717) is 5.92 Å². The molecule has 0 spiro atoms. The average molecular weight is 214 g/mol. The van der Waals surface area contributed by atoms with Gasteiger partial charge in [0.2, 0.25) is 5.70 Å². The van der Waals surface area contributed by atoms with E-state index in [1.54, 1.807) is 0 Å². The number of aromatic nitrogens is 1. The van der Waals surface area contributed by atoms with E-state index >= 15 is 0 Å². The zero-order valence-electron chi connectivity index (χ0n) is 10.5. The van der Waals surface area contributed by atoms with Gasteiger partial charge in [-0.25, -0.2) is 0 Å². The Morgan fingerprint density at radius 2 is 1.81 bits per heavy atom. The number of rotatable bonds is 2. The maximum Gasteiger partial charge on any atom is 0.212 e. The molecule has 0 unspecified atom stereocenters. The van der Waals surface area contributed by atoms with Crippen LogP contribution in [0.4, 0.5) is 0 Å². The van der Waals surface area contributed by atoms with Gasteiger partial charge >= 0.3 is 0 Å². The van der Waals surface area contributed by atoms with Crippen LogP contribution in [0.15, 0.2) is 42.3 Å². The van der Waals surface area contributed by atoms with Gasteiger partial charge in [-0.05, 0) is 36.8 Å². The average Bonchev–Trinajstić information content (AvgIpc) is 2.59. The van der Waals surface area contributed by atoms with E-state index < -0.39 is 0 Å². The molecule has 0 radical (unpaired) electrons. The molecule has 0 amide bonds. The third kappa shape index (κ3) is 1.95. The van der Waals surface area contributed by atoms with Gasteiger partial charge in [-0.3, -0.25) is 0 Å². The van der Waals surface area contributed by atoms with Crippen molar-refractivity contribution in [3.63, 3.8) is 0 Å². The third-order valence-corrected chi connectivity index (χ3v) is 3.32. The molecule has 84 valence electrons. The molecule has 0 saturated heterocycles. The van der Waals surface area contributed by atoms with E-state index in [1.807, 2.05) is 0 Å². The van der Waals surface area contributed by atoms with Gasteiger partial charge in [0.25, 0.3) is 0 Å². The van der Waals surface area contributed by atoms with Crippen LogP contribution in [0.2, 0.25) is 0 Å². The van der Waals surface area contributed by atoms with Crippen molar-refractivity contribution >= 4 is 5.70 Å². The first-order valence-corrected chi connectivity index (χ1v) is 5.99. The molecule has 0 fully saturated rings. The molecule has 0 aromatic carbocycles. The van der Waals surface area contributed by atoms with Crippen molar-refractivity contribution in [3.8, 4) is 0 Å². The first-order chi connectivity index (χ1) is 7.59. The Morgan fingerprint density at radius 1 is 1.19 bits per heavy atom. The van der Waals surface area contributed by atoms with Crippen molar-refractivity contribution in [1.29, 1.82) is 0 Å². The fraction of sp³-hybridized carbons (Fsp3) is 0.400. The summed E-state index contributed by atoms with van der Waals surface area (Å²) in [6.45, 7) is 10.8. The molecule has 0 bridgehead atoms. The number of hydrogen-bond donors (Lipinski definition) is 0. The van der Waals surface area contributed by atoms with Gasteiger partial charge < -0.3 is 0 Å². The Kier molecular flexibility index (Phi) is 2.95. The molecule has 0 atom stereocenters. The molecule has 1 nitrogen and oxygen atoms in total. The van der Waals surface area contributed by atoms with Gasteiger partial charge in [0.15, 0.2) is 12.4 Å². The Morgan fingerprint density at radius 3 is 2.25 bits per heavy atom. The molecule has 1 aliphatic rings. The number of hydrogen-bond acceptors (Lipinski definition) is 0. The predicted octanol–water partition coefficient (Wildman–Crippen LogP) is 3.68. The molecule has 1 aromatic rings. The molecular formula is C15H20N+. The standard InChI is InChI=1S/C15H20N/c1-11(2)14-7-9-16(10-8-14)15-12(3)5-6-13(15)4/h7-11H,3,5-6H2,1-2,4H3/q+1. The topological polar surface area (TPSA) is 3.88 Å². The Hall–Kier alpha value is -1.37. The van der Waals surface area contributed by atoms with Gasteiger partial charge in [-0.15, -0.1) is 0 Å².